The lowest BCUT2D eigenvalue weighted by Crippen LogP contribution is -2.09. The van der Waals surface area contributed by atoms with E-state index >= 15 is 0 Å². The Balaban J connectivity index is 2.63. The highest BCUT2D eigenvalue weighted by atomic mass is 16.5. The van der Waals surface area contributed by atoms with Crippen LogP contribution in [0.2, 0.25) is 0 Å². The first-order valence-electron chi connectivity index (χ1n) is 5.04. The first-order chi connectivity index (χ1) is 7.11. The van der Waals surface area contributed by atoms with Gasteiger partial charge in [0.05, 0.1) is 18.3 Å². The average Bonchev–Trinajstić information content (AvgIpc) is 2.17. The third-order valence-electron chi connectivity index (χ3n) is 2.07. The molecule has 3 heteroatoms. The maximum Gasteiger partial charge on any atom is 0.335 e. The van der Waals surface area contributed by atoms with E-state index in [9.17, 15) is 4.79 Å². The minimum Gasteiger partial charge on any atom is -0.478 e. The summed E-state index contributed by atoms with van der Waals surface area (Å²) in [7, 11) is 0. The third-order valence-corrected chi connectivity index (χ3v) is 2.07. The van der Waals surface area contributed by atoms with Gasteiger partial charge in [0.2, 0.25) is 0 Å². The van der Waals surface area contributed by atoms with E-state index in [0.717, 1.165) is 5.56 Å². The van der Waals surface area contributed by atoms with Crippen LogP contribution in [-0.4, -0.2) is 23.8 Å². The highest BCUT2D eigenvalue weighted by molar-refractivity contribution is 5.89. The molecule has 0 heterocycles. The van der Waals surface area contributed by atoms with E-state index in [0.29, 0.717) is 18.6 Å². The summed E-state index contributed by atoms with van der Waals surface area (Å²) in [4.78, 5) is 10.9. The lowest BCUT2D eigenvalue weighted by molar-refractivity contribution is 0.0691. The predicted octanol–water partition coefficient (Wildman–Crippen LogP) is 2.35. The molecule has 0 aromatic heterocycles. The van der Waals surface area contributed by atoms with E-state index < -0.39 is 5.97 Å². The van der Waals surface area contributed by atoms with E-state index in [4.69, 9.17) is 9.84 Å². The van der Waals surface area contributed by atoms with Crippen LogP contribution in [0.1, 0.15) is 29.8 Å². The van der Waals surface area contributed by atoms with Crippen molar-refractivity contribution in [2.45, 2.75) is 26.4 Å². The van der Waals surface area contributed by atoms with Gasteiger partial charge in [-0.25, -0.2) is 4.79 Å². The van der Waals surface area contributed by atoms with Crippen molar-refractivity contribution < 1.29 is 14.6 Å². The zero-order valence-electron chi connectivity index (χ0n) is 9.06. The molecule has 82 valence electrons. The van der Waals surface area contributed by atoms with Gasteiger partial charge in [-0.1, -0.05) is 18.2 Å². The van der Waals surface area contributed by atoms with Gasteiger partial charge in [-0.15, -0.1) is 0 Å². The summed E-state index contributed by atoms with van der Waals surface area (Å²) in [6, 6.07) is 7.02. The fraction of sp³-hybridized carbons (Fsp3) is 0.417. The lowest BCUT2D eigenvalue weighted by atomic mass is 10.1. The number of carboxylic acids is 1. The van der Waals surface area contributed by atoms with Gasteiger partial charge in [0.15, 0.2) is 0 Å². The molecule has 0 saturated heterocycles. The Labute approximate surface area is 89.7 Å². The second-order valence-electron chi connectivity index (χ2n) is 3.63. The van der Waals surface area contributed by atoms with E-state index in [1.165, 1.54) is 0 Å². The molecule has 0 unspecified atom stereocenters. The Bertz CT molecular complexity index is 331. The third kappa shape index (κ3) is 3.72. The molecule has 0 amide bonds. The molecule has 0 aliphatic heterocycles. The van der Waals surface area contributed by atoms with Crippen LogP contribution < -0.4 is 0 Å². The number of hydrogen-bond acceptors (Lipinski definition) is 2. The van der Waals surface area contributed by atoms with E-state index in [1.54, 1.807) is 12.1 Å². The molecule has 0 aliphatic rings. The maximum atomic E-state index is 10.9. The van der Waals surface area contributed by atoms with Gasteiger partial charge in [0, 0.05) is 0 Å². The van der Waals surface area contributed by atoms with Crippen molar-refractivity contribution in [2.75, 3.05) is 6.61 Å². The van der Waals surface area contributed by atoms with Gasteiger partial charge in [-0.3, -0.25) is 0 Å². The summed E-state index contributed by atoms with van der Waals surface area (Å²) in [6.07, 6.45) is 0.822. The minimum atomic E-state index is -0.879. The standard InChI is InChI=1S/C12H16O3/c1-9(2)15-8-7-10-5-3-4-6-11(10)12(13)14/h3-6,9H,7-8H2,1-2H3,(H,13,14). The van der Waals surface area contributed by atoms with E-state index in [2.05, 4.69) is 0 Å². The summed E-state index contributed by atoms with van der Waals surface area (Å²) in [5.74, 6) is -0.879. The molecule has 1 aromatic rings. The Kier molecular flexibility index (Phi) is 4.31. The van der Waals surface area contributed by atoms with E-state index in [1.807, 2.05) is 26.0 Å². The molecule has 0 atom stereocenters. The van der Waals surface area contributed by atoms with Crippen molar-refractivity contribution in [3.63, 3.8) is 0 Å². The molecule has 1 rings (SSSR count). The summed E-state index contributed by atoms with van der Waals surface area (Å²) in [5, 5.41) is 8.93. The summed E-state index contributed by atoms with van der Waals surface area (Å²) >= 11 is 0. The van der Waals surface area contributed by atoms with Crippen LogP contribution in [-0.2, 0) is 11.2 Å². The van der Waals surface area contributed by atoms with Crippen molar-refractivity contribution in [1.29, 1.82) is 0 Å². The maximum absolute atomic E-state index is 10.9. The number of carbonyl (C=O) groups is 1. The number of ether oxygens (including phenoxy) is 1. The first-order valence-corrected chi connectivity index (χ1v) is 5.04. The molecule has 15 heavy (non-hydrogen) atoms. The fourth-order valence-corrected chi connectivity index (χ4v) is 1.35. The molecule has 1 N–H and O–H groups in total. The van der Waals surface area contributed by atoms with Crippen LogP contribution in [0.15, 0.2) is 24.3 Å². The topological polar surface area (TPSA) is 46.5 Å². The zero-order chi connectivity index (χ0) is 11.3. The predicted molar refractivity (Wildman–Crippen MR) is 58.2 cm³/mol. The number of carboxylic acid groups (broad SMARTS) is 1. The Morgan fingerprint density at radius 2 is 2.07 bits per heavy atom. The molecule has 0 saturated carbocycles. The van der Waals surface area contributed by atoms with Crippen LogP contribution in [0.5, 0.6) is 0 Å². The number of rotatable bonds is 5. The van der Waals surface area contributed by atoms with Crippen molar-refractivity contribution in [3.05, 3.63) is 35.4 Å². The van der Waals surface area contributed by atoms with E-state index in [-0.39, 0.29) is 6.10 Å². The molecule has 0 aliphatic carbocycles. The quantitative estimate of drug-likeness (QED) is 0.808. The highest BCUT2D eigenvalue weighted by Gasteiger charge is 2.08. The summed E-state index contributed by atoms with van der Waals surface area (Å²) in [5.41, 5.74) is 1.19. The fourth-order valence-electron chi connectivity index (χ4n) is 1.35. The molecule has 0 fully saturated rings. The van der Waals surface area contributed by atoms with Crippen LogP contribution in [0, 0.1) is 0 Å². The minimum absolute atomic E-state index is 0.182. The largest absolute Gasteiger partial charge is 0.478 e. The molecule has 3 nitrogen and oxygen atoms in total. The zero-order valence-corrected chi connectivity index (χ0v) is 9.06. The van der Waals surface area contributed by atoms with Crippen molar-refractivity contribution in [1.82, 2.24) is 0 Å². The van der Waals surface area contributed by atoms with Gasteiger partial charge in [0.25, 0.3) is 0 Å². The highest BCUT2D eigenvalue weighted by Crippen LogP contribution is 2.09. The second kappa shape index (κ2) is 5.51. The Morgan fingerprint density at radius 1 is 1.40 bits per heavy atom. The monoisotopic (exact) mass is 208 g/mol. The second-order valence-corrected chi connectivity index (χ2v) is 3.63. The van der Waals surface area contributed by atoms with Gasteiger partial charge in [0.1, 0.15) is 0 Å². The molecule has 0 bridgehead atoms. The molecular weight excluding hydrogens is 192 g/mol. The van der Waals surface area contributed by atoms with Crippen molar-refractivity contribution >= 4 is 5.97 Å². The van der Waals surface area contributed by atoms with Gasteiger partial charge in [-0.2, -0.15) is 0 Å². The molecule has 1 aromatic carbocycles. The van der Waals surface area contributed by atoms with Gasteiger partial charge < -0.3 is 9.84 Å². The number of hydrogen-bond donors (Lipinski definition) is 1. The van der Waals surface area contributed by atoms with Crippen LogP contribution in [0.25, 0.3) is 0 Å². The summed E-state index contributed by atoms with van der Waals surface area (Å²) in [6.45, 7) is 4.48. The summed E-state index contributed by atoms with van der Waals surface area (Å²) < 4.78 is 5.39. The smallest absolute Gasteiger partial charge is 0.335 e. The van der Waals surface area contributed by atoms with Crippen LogP contribution in [0.3, 0.4) is 0 Å². The normalized spacial score (nSPS) is 10.6. The van der Waals surface area contributed by atoms with Crippen LogP contribution in [0.4, 0.5) is 0 Å². The number of benzene rings is 1. The van der Waals surface area contributed by atoms with Crippen molar-refractivity contribution in [2.24, 2.45) is 0 Å². The Hall–Kier alpha value is -1.35. The van der Waals surface area contributed by atoms with Gasteiger partial charge >= 0.3 is 5.97 Å². The molecule has 0 spiro atoms. The van der Waals surface area contributed by atoms with Crippen molar-refractivity contribution in [3.8, 4) is 0 Å². The van der Waals surface area contributed by atoms with Crippen LogP contribution >= 0.6 is 0 Å². The first kappa shape index (κ1) is 11.7. The number of aromatic carboxylic acids is 1. The average molecular weight is 208 g/mol. The van der Waals surface area contributed by atoms with Gasteiger partial charge in [-0.05, 0) is 31.9 Å². The SMILES string of the molecule is CC(C)OCCc1ccccc1C(=O)O. The molecule has 0 radical (unpaired) electrons. The lowest BCUT2D eigenvalue weighted by Gasteiger charge is -2.08. The molecular formula is C12H16O3. The Morgan fingerprint density at radius 3 is 2.67 bits per heavy atom.